The predicted octanol–water partition coefficient (Wildman–Crippen LogP) is 2.35. The quantitative estimate of drug-likeness (QED) is 0.887. The number of anilines is 2. The Hall–Kier alpha value is -2.15. The summed E-state index contributed by atoms with van der Waals surface area (Å²) in [6, 6.07) is 4.08. The minimum atomic E-state index is -0.522. The van der Waals surface area contributed by atoms with E-state index in [1.165, 1.54) is 23.1 Å². The summed E-state index contributed by atoms with van der Waals surface area (Å²) in [7, 11) is 0. The third kappa shape index (κ3) is 3.21. The first-order valence-electron chi connectivity index (χ1n) is 8.24. The molecule has 2 aliphatic rings. The SMILES string of the molecule is CC(C)[C@H]1OCC[C@@H]1C(=O)Nc1cc(N2CCNC2=O)ccc1F. The molecule has 6 nitrogen and oxygen atoms in total. The number of rotatable bonds is 4. The fraction of sp³-hybridized carbons (Fsp3) is 0.529. The maximum Gasteiger partial charge on any atom is 0.321 e. The second-order valence-electron chi connectivity index (χ2n) is 6.51. The van der Waals surface area contributed by atoms with Crippen molar-refractivity contribution in [1.29, 1.82) is 0 Å². The van der Waals surface area contributed by atoms with Gasteiger partial charge in [-0.25, -0.2) is 9.18 Å². The van der Waals surface area contributed by atoms with Crippen LogP contribution in [0.4, 0.5) is 20.6 Å². The van der Waals surface area contributed by atoms with Crippen molar-refractivity contribution in [3.63, 3.8) is 0 Å². The molecule has 130 valence electrons. The van der Waals surface area contributed by atoms with Gasteiger partial charge in [-0.05, 0) is 30.5 Å². The van der Waals surface area contributed by atoms with Crippen LogP contribution in [0.5, 0.6) is 0 Å². The third-order valence-corrected chi connectivity index (χ3v) is 4.51. The summed E-state index contributed by atoms with van der Waals surface area (Å²) in [6.07, 6.45) is 0.477. The molecule has 2 aliphatic heterocycles. The van der Waals surface area contributed by atoms with Crippen molar-refractivity contribution in [3.8, 4) is 0 Å². The summed E-state index contributed by atoms with van der Waals surface area (Å²) in [5.41, 5.74) is 0.649. The van der Waals surface area contributed by atoms with Crippen LogP contribution in [0.2, 0.25) is 0 Å². The van der Waals surface area contributed by atoms with E-state index in [0.29, 0.717) is 31.8 Å². The molecule has 3 rings (SSSR count). The van der Waals surface area contributed by atoms with E-state index in [1.54, 1.807) is 0 Å². The minimum Gasteiger partial charge on any atom is -0.377 e. The van der Waals surface area contributed by atoms with Gasteiger partial charge in [0.05, 0.1) is 17.7 Å². The summed E-state index contributed by atoms with van der Waals surface area (Å²) in [5, 5.41) is 5.36. The first-order valence-corrected chi connectivity index (χ1v) is 8.24. The Morgan fingerprint density at radius 1 is 1.46 bits per heavy atom. The van der Waals surface area contributed by atoms with Crippen molar-refractivity contribution in [2.45, 2.75) is 26.4 Å². The number of ether oxygens (including phenoxy) is 1. The molecule has 0 spiro atoms. The molecule has 0 bridgehead atoms. The molecule has 2 heterocycles. The van der Waals surface area contributed by atoms with Gasteiger partial charge in [-0.3, -0.25) is 9.69 Å². The van der Waals surface area contributed by atoms with E-state index in [0.717, 1.165) is 0 Å². The van der Waals surface area contributed by atoms with Crippen LogP contribution in [-0.2, 0) is 9.53 Å². The molecule has 2 saturated heterocycles. The molecule has 1 aromatic rings. The lowest BCUT2D eigenvalue weighted by Crippen LogP contribution is -2.33. The maximum absolute atomic E-state index is 14.1. The molecule has 24 heavy (non-hydrogen) atoms. The van der Waals surface area contributed by atoms with Gasteiger partial charge in [0.15, 0.2) is 0 Å². The fourth-order valence-electron chi connectivity index (χ4n) is 3.27. The lowest BCUT2D eigenvalue weighted by atomic mass is 9.92. The molecule has 3 amide bonds. The topological polar surface area (TPSA) is 70.7 Å². The number of hydrogen-bond donors (Lipinski definition) is 2. The van der Waals surface area contributed by atoms with Gasteiger partial charge in [-0.1, -0.05) is 13.8 Å². The number of urea groups is 1. The van der Waals surface area contributed by atoms with Crippen LogP contribution in [-0.4, -0.2) is 37.7 Å². The maximum atomic E-state index is 14.1. The normalized spacial score (nSPS) is 23.7. The highest BCUT2D eigenvalue weighted by atomic mass is 19.1. The molecule has 0 aliphatic carbocycles. The molecule has 2 atom stereocenters. The van der Waals surface area contributed by atoms with Crippen molar-refractivity contribution < 1.29 is 18.7 Å². The summed E-state index contributed by atoms with van der Waals surface area (Å²) >= 11 is 0. The van der Waals surface area contributed by atoms with Crippen molar-refractivity contribution in [2.75, 3.05) is 29.9 Å². The Morgan fingerprint density at radius 2 is 2.25 bits per heavy atom. The number of nitrogens with zero attached hydrogens (tertiary/aromatic N) is 1. The Labute approximate surface area is 140 Å². The van der Waals surface area contributed by atoms with E-state index in [1.807, 2.05) is 13.8 Å². The molecule has 2 fully saturated rings. The largest absolute Gasteiger partial charge is 0.377 e. The smallest absolute Gasteiger partial charge is 0.321 e. The second kappa shape index (κ2) is 6.76. The van der Waals surface area contributed by atoms with Crippen molar-refractivity contribution in [1.82, 2.24) is 5.32 Å². The molecule has 0 aromatic heterocycles. The van der Waals surface area contributed by atoms with E-state index in [9.17, 15) is 14.0 Å². The third-order valence-electron chi connectivity index (χ3n) is 4.51. The Balaban J connectivity index is 1.77. The average Bonchev–Trinajstić information content (AvgIpc) is 3.18. The van der Waals surface area contributed by atoms with Crippen LogP contribution in [0.15, 0.2) is 18.2 Å². The van der Waals surface area contributed by atoms with Crippen LogP contribution >= 0.6 is 0 Å². The summed E-state index contributed by atoms with van der Waals surface area (Å²) in [6.45, 7) is 5.61. The highest BCUT2D eigenvalue weighted by Crippen LogP contribution is 2.29. The first-order chi connectivity index (χ1) is 11.5. The summed E-state index contributed by atoms with van der Waals surface area (Å²) < 4.78 is 19.7. The molecular formula is C17H22FN3O3. The first kappa shape index (κ1) is 16.7. The molecule has 0 unspecified atom stereocenters. The number of amides is 3. The van der Waals surface area contributed by atoms with Crippen LogP contribution in [0.3, 0.4) is 0 Å². The summed E-state index contributed by atoms with van der Waals surface area (Å²) in [4.78, 5) is 25.8. The molecule has 1 aromatic carbocycles. The van der Waals surface area contributed by atoms with Gasteiger partial charge >= 0.3 is 6.03 Å². The monoisotopic (exact) mass is 335 g/mol. The molecular weight excluding hydrogens is 313 g/mol. The number of hydrogen-bond acceptors (Lipinski definition) is 3. The van der Waals surface area contributed by atoms with Crippen molar-refractivity contribution in [2.24, 2.45) is 11.8 Å². The average molecular weight is 335 g/mol. The number of carbonyl (C=O) groups is 2. The highest BCUT2D eigenvalue weighted by molar-refractivity contribution is 5.97. The number of nitrogens with one attached hydrogen (secondary N) is 2. The molecule has 2 N–H and O–H groups in total. The van der Waals surface area contributed by atoms with Crippen molar-refractivity contribution >= 4 is 23.3 Å². The number of benzene rings is 1. The van der Waals surface area contributed by atoms with Gasteiger partial charge in [0.2, 0.25) is 5.91 Å². The van der Waals surface area contributed by atoms with Gasteiger partial charge in [-0.2, -0.15) is 0 Å². The van der Waals surface area contributed by atoms with Gasteiger partial charge in [0.1, 0.15) is 5.82 Å². The van der Waals surface area contributed by atoms with E-state index in [2.05, 4.69) is 10.6 Å². The van der Waals surface area contributed by atoms with Crippen molar-refractivity contribution in [3.05, 3.63) is 24.0 Å². The fourth-order valence-corrected chi connectivity index (χ4v) is 3.27. The van der Waals surface area contributed by atoms with Crippen LogP contribution in [0.25, 0.3) is 0 Å². The minimum absolute atomic E-state index is 0.0895. The van der Waals surface area contributed by atoms with Crippen LogP contribution < -0.4 is 15.5 Å². The van der Waals surface area contributed by atoms with E-state index in [-0.39, 0.29) is 35.6 Å². The van der Waals surface area contributed by atoms with Crippen LogP contribution in [0.1, 0.15) is 20.3 Å². The lowest BCUT2D eigenvalue weighted by molar-refractivity contribution is -0.122. The highest BCUT2D eigenvalue weighted by Gasteiger charge is 2.36. The molecule has 0 saturated carbocycles. The molecule has 7 heteroatoms. The van der Waals surface area contributed by atoms with E-state index in [4.69, 9.17) is 4.74 Å². The predicted molar refractivity (Wildman–Crippen MR) is 88.5 cm³/mol. The Kier molecular flexibility index (Phi) is 4.71. The van der Waals surface area contributed by atoms with E-state index >= 15 is 0 Å². The number of halogens is 1. The van der Waals surface area contributed by atoms with E-state index < -0.39 is 5.82 Å². The van der Waals surface area contributed by atoms with Gasteiger partial charge in [0, 0.05) is 25.4 Å². The summed E-state index contributed by atoms with van der Waals surface area (Å²) in [5.74, 6) is -0.837. The Morgan fingerprint density at radius 3 is 2.92 bits per heavy atom. The van der Waals surface area contributed by atoms with Gasteiger partial charge < -0.3 is 15.4 Å². The van der Waals surface area contributed by atoms with Crippen LogP contribution in [0, 0.1) is 17.7 Å². The van der Waals surface area contributed by atoms with Gasteiger partial charge in [-0.15, -0.1) is 0 Å². The molecule has 0 radical (unpaired) electrons. The Bertz CT molecular complexity index is 650. The lowest BCUT2D eigenvalue weighted by Gasteiger charge is -2.22. The zero-order valence-corrected chi connectivity index (χ0v) is 13.8. The number of carbonyl (C=O) groups excluding carboxylic acids is 2. The zero-order valence-electron chi connectivity index (χ0n) is 13.8. The standard InChI is InChI=1S/C17H22FN3O3/c1-10(2)15-12(5-8-24-15)16(22)20-14-9-11(3-4-13(14)18)21-7-6-19-17(21)23/h3-4,9-10,12,15H,5-8H2,1-2H3,(H,19,23)(H,20,22)/t12-,15+/m0/s1. The van der Waals surface area contributed by atoms with Gasteiger partial charge in [0.25, 0.3) is 0 Å². The zero-order chi connectivity index (χ0) is 17.3. The second-order valence-corrected chi connectivity index (χ2v) is 6.51.